The van der Waals surface area contributed by atoms with Crippen LogP contribution in [0.15, 0.2) is 42.1 Å². The van der Waals surface area contributed by atoms with Crippen LogP contribution in [0.25, 0.3) is 0 Å². The Bertz CT molecular complexity index is 960. The van der Waals surface area contributed by atoms with E-state index in [1.54, 1.807) is 45.1 Å². The largest absolute Gasteiger partial charge is 0.456 e. The molecule has 184 valence electrons. The summed E-state index contributed by atoms with van der Waals surface area (Å²) >= 11 is 4.16. The maximum Gasteiger partial charge on any atom is 0.329 e. The van der Waals surface area contributed by atoms with Crippen molar-refractivity contribution in [3.8, 4) is 0 Å². The lowest BCUT2D eigenvalue weighted by atomic mass is 10.0. The zero-order chi connectivity index (χ0) is 25.1. The second kappa shape index (κ2) is 13.5. The number of nitrogens with one attached hydrogen (secondary N) is 3. The predicted octanol–water partition coefficient (Wildman–Crippen LogP) is 1.71. The summed E-state index contributed by atoms with van der Waals surface area (Å²) in [6, 6.07) is 3.98. The van der Waals surface area contributed by atoms with Gasteiger partial charge in [0.25, 0.3) is 11.8 Å². The molecule has 0 saturated carbocycles. The number of thiol groups is 1. The molecule has 9 nitrogen and oxygen atoms in total. The van der Waals surface area contributed by atoms with Gasteiger partial charge in [0, 0.05) is 18.7 Å². The smallest absolute Gasteiger partial charge is 0.329 e. The summed E-state index contributed by atoms with van der Waals surface area (Å²) in [5, 5.41) is 7.98. The van der Waals surface area contributed by atoms with Crippen LogP contribution in [0.4, 0.5) is 0 Å². The standard InChI is InChI=1S/C24H32N4O5S/c1-4-18-22(30)28-21(15(2)3)24(32)33-17(9-5-6-13-34)14-20(29)25-12-11-16-8-7-10-19(26-16)23(31)27-18/h4-5,7-10,15,17,21,34H,6,11-14H2,1-3H3,(H,25,29)(H,27,31)(H,28,30)/b9-5+,18-4-/t17-,21?/m1/s1. The number of hydrogen-bond donors (Lipinski definition) is 4. The Balaban J connectivity index is 2.36. The summed E-state index contributed by atoms with van der Waals surface area (Å²) in [5.41, 5.74) is 0.733. The highest BCUT2D eigenvalue weighted by Gasteiger charge is 2.29. The van der Waals surface area contributed by atoms with Gasteiger partial charge in [-0.25, -0.2) is 9.78 Å². The number of allylic oxidation sites excluding steroid dienone is 2. The summed E-state index contributed by atoms with van der Waals surface area (Å²) in [7, 11) is 0. The van der Waals surface area contributed by atoms with Gasteiger partial charge in [-0.05, 0) is 43.2 Å². The van der Waals surface area contributed by atoms with Crippen LogP contribution in [-0.4, -0.2) is 53.1 Å². The van der Waals surface area contributed by atoms with E-state index in [-0.39, 0.29) is 29.6 Å². The highest BCUT2D eigenvalue weighted by molar-refractivity contribution is 7.80. The van der Waals surface area contributed by atoms with Crippen molar-refractivity contribution in [2.75, 3.05) is 12.3 Å². The molecule has 1 aliphatic rings. The Kier molecular flexibility index (Phi) is 10.8. The number of rotatable bonds is 4. The van der Waals surface area contributed by atoms with Gasteiger partial charge in [-0.2, -0.15) is 12.6 Å². The lowest BCUT2D eigenvalue weighted by Gasteiger charge is -2.24. The van der Waals surface area contributed by atoms with Crippen molar-refractivity contribution in [1.82, 2.24) is 20.9 Å². The molecule has 0 saturated heterocycles. The van der Waals surface area contributed by atoms with Crippen molar-refractivity contribution < 1.29 is 23.9 Å². The van der Waals surface area contributed by atoms with Crippen molar-refractivity contribution >= 4 is 36.3 Å². The second-order valence-electron chi connectivity index (χ2n) is 8.09. The van der Waals surface area contributed by atoms with E-state index in [0.29, 0.717) is 30.8 Å². The van der Waals surface area contributed by atoms with Gasteiger partial charge < -0.3 is 20.7 Å². The molecule has 0 fully saturated rings. The molecule has 10 heteroatoms. The van der Waals surface area contributed by atoms with E-state index >= 15 is 0 Å². The second-order valence-corrected chi connectivity index (χ2v) is 8.53. The third kappa shape index (κ3) is 8.33. The minimum atomic E-state index is -0.986. The number of nitrogens with zero attached hydrogens (tertiary/aromatic N) is 1. The average molecular weight is 489 g/mol. The molecule has 34 heavy (non-hydrogen) atoms. The average Bonchev–Trinajstić information content (AvgIpc) is 2.80. The van der Waals surface area contributed by atoms with Crippen molar-refractivity contribution in [1.29, 1.82) is 0 Å². The van der Waals surface area contributed by atoms with E-state index in [1.807, 2.05) is 0 Å². The quantitative estimate of drug-likeness (QED) is 0.221. The summed E-state index contributed by atoms with van der Waals surface area (Å²) in [6.45, 7) is 5.42. The molecular formula is C24H32N4O5S. The summed E-state index contributed by atoms with van der Waals surface area (Å²) < 4.78 is 5.60. The van der Waals surface area contributed by atoms with E-state index < -0.39 is 29.9 Å². The molecule has 2 bridgehead atoms. The van der Waals surface area contributed by atoms with Gasteiger partial charge in [0.15, 0.2) is 0 Å². The minimum absolute atomic E-state index is 0.0120. The third-order valence-electron chi connectivity index (χ3n) is 5.03. The lowest BCUT2D eigenvalue weighted by Crippen LogP contribution is -2.48. The SMILES string of the molecule is C/C=C1\NC(=O)c2cccc(n2)CCNC(=O)C[C@@H](/C=C/CCS)OC(=O)C(C(C)C)NC1=O. The minimum Gasteiger partial charge on any atom is -0.456 e. The first-order valence-corrected chi connectivity index (χ1v) is 11.9. The molecule has 2 rings (SSSR count). The number of esters is 1. The van der Waals surface area contributed by atoms with Gasteiger partial charge in [0.05, 0.1) is 6.42 Å². The Morgan fingerprint density at radius 1 is 1.21 bits per heavy atom. The normalized spacial score (nSPS) is 22.2. The molecule has 3 amide bonds. The zero-order valence-corrected chi connectivity index (χ0v) is 20.6. The van der Waals surface area contributed by atoms with Gasteiger partial charge in [-0.1, -0.05) is 32.1 Å². The molecular weight excluding hydrogens is 456 g/mol. The lowest BCUT2D eigenvalue weighted by molar-refractivity contribution is -0.153. The molecule has 1 aliphatic heterocycles. The number of pyridine rings is 1. The first-order valence-electron chi connectivity index (χ1n) is 11.2. The van der Waals surface area contributed by atoms with Crippen LogP contribution in [0.2, 0.25) is 0 Å². The topological polar surface area (TPSA) is 126 Å². The number of cyclic esters (lactones) is 1. The van der Waals surface area contributed by atoms with Crippen LogP contribution in [0.5, 0.6) is 0 Å². The number of ether oxygens (including phenoxy) is 1. The first kappa shape index (κ1) is 27.1. The Morgan fingerprint density at radius 3 is 2.65 bits per heavy atom. The maximum absolute atomic E-state index is 12.9. The molecule has 0 aromatic carbocycles. The Hall–Kier alpha value is -3.14. The van der Waals surface area contributed by atoms with Crippen molar-refractivity contribution in [3.63, 3.8) is 0 Å². The number of fused-ring (bicyclic) bond motifs is 2. The van der Waals surface area contributed by atoms with Crippen LogP contribution in [0, 0.1) is 5.92 Å². The van der Waals surface area contributed by atoms with Crippen molar-refractivity contribution in [2.24, 2.45) is 5.92 Å². The summed E-state index contributed by atoms with van der Waals surface area (Å²) in [6.07, 6.45) is 5.08. The van der Waals surface area contributed by atoms with E-state index in [0.717, 1.165) is 0 Å². The molecule has 1 aromatic heterocycles. The van der Waals surface area contributed by atoms with Crippen LogP contribution in [0.3, 0.4) is 0 Å². The van der Waals surface area contributed by atoms with Crippen LogP contribution >= 0.6 is 12.6 Å². The Labute approximate surface area is 205 Å². The zero-order valence-electron chi connectivity index (χ0n) is 19.7. The Morgan fingerprint density at radius 2 is 1.97 bits per heavy atom. The van der Waals surface area contributed by atoms with Crippen LogP contribution in [-0.2, 0) is 25.5 Å². The third-order valence-corrected chi connectivity index (χ3v) is 5.29. The highest BCUT2D eigenvalue weighted by atomic mass is 32.1. The number of amides is 3. The molecule has 2 atom stereocenters. The van der Waals surface area contributed by atoms with Gasteiger partial charge in [-0.15, -0.1) is 0 Å². The summed E-state index contributed by atoms with van der Waals surface area (Å²) in [5.74, 6) is -1.85. The predicted molar refractivity (Wildman–Crippen MR) is 131 cm³/mol. The van der Waals surface area contributed by atoms with Crippen LogP contribution < -0.4 is 16.0 Å². The summed E-state index contributed by atoms with van der Waals surface area (Å²) in [4.78, 5) is 55.3. The highest BCUT2D eigenvalue weighted by Crippen LogP contribution is 2.11. The van der Waals surface area contributed by atoms with Crippen molar-refractivity contribution in [3.05, 3.63) is 53.5 Å². The van der Waals surface area contributed by atoms with E-state index in [2.05, 4.69) is 33.6 Å². The fourth-order valence-electron chi connectivity index (χ4n) is 3.19. The van der Waals surface area contributed by atoms with Crippen molar-refractivity contribution in [2.45, 2.75) is 52.2 Å². The number of carbonyl (C=O) groups is 4. The van der Waals surface area contributed by atoms with Gasteiger partial charge in [0.2, 0.25) is 5.91 Å². The van der Waals surface area contributed by atoms with E-state index in [1.165, 1.54) is 12.1 Å². The molecule has 0 radical (unpaired) electrons. The number of aromatic nitrogens is 1. The molecule has 1 unspecified atom stereocenters. The van der Waals surface area contributed by atoms with E-state index in [9.17, 15) is 19.2 Å². The molecule has 3 N–H and O–H groups in total. The monoisotopic (exact) mass is 488 g/mol. The molecule has 2 heterocycles. The molecule has 0 aliphatic carbocycles. The molecule has 1 aromatic rings. The molecule has 0 spiro atoms. The van der Waals surface area contributed by atoms with Gasteiger partial charge >= 0.3 is 5.97 Å². The first-order chi connectivity index (χ1) is 16.2. The van der Waals surface area contributed by atoms with E-state index in [4.69, 9.17) is 4.74 Å². The maximum atomic E-state index is 12.9. The number of hydrogen-bond acceptors (Lipinski definition) is 7. The fraction of sp³-hybridized carbons (Fsp3) is 0.458. The fourth-order valence-corrected chi connectivity index (χ4v) is 3.34. The van der Waals surface area contributed by atoms with Gasteiger partial charge in [0.1, 0.15) is 23.5 Å². The van der Waals surface area contributed by atoms with Gasteiger partial charge in [-0.3, -0.25) is 14.4 Å². The number of carbonyl (C=O) groups excluding carboxylic acids is 4. The van der Waals surface area contributed by atoms with Crippen LogP contribution in [0.1, 0.15) is 49.8 Å².